The van der Waals surface area contributed by atoms with E-state index in [9.17, 15) is 4.79 Å². The number of oxime groups is 1. The van der Waals surface area contributed by atoms with Gasteiger partial charge in [-0.2, -0.15) is 9.78 Å². The molecular weight excluding hydrogens is 1190 g/mol. The van der Waals surface area contributed by atoms with Crippen molar-refractivity contribution in [1.29, 1.82) is 0 Å². The highest BCUT2D eigenvalue weighted by molar-refractivity contribution is 8.02. The van der Waals surface area contributed by atoms with Crippen molar-refractivity contribution >= 4 is 69.4 Å². The van der Waals surface area contributed by atoms with Crippen LogP contribution in [0.4, 0.5) is 9.93 Å². The van der Waals surface area contributed by atoms with Crippen LogP contribution in [0.5, 0.6) is 0 Å². The van der Waals surface area contributed by atoms with Gasteiger partial charge < -0.3 is 24.9 Å². The van der Waals surface area contributed by atoms with Crippen molar-refractivity contribution < 1.29 is 33.5 Å². The van der Waals surface area contributed by atoms with Crippen LogP contribution in [0.3, 0.4) is 0 Å². The maximum Gasteiger partial charge on any atom is 0.435 e. The lowest BCUT2D eigenvalue weighted by molar-refractivity contribution is -0.158. The Labute approximate surface area is 535 Å². The number of rotatable bonds is 20. The van der Waals surface area contributed by atoms with Crippen molar-refractivity contribution in [2.75, 3.05) is 5.32 Å². The number of fused-ring (bicyclic) bond motifs is 1. The van der Waals surface area contributed by atoms with Crippen molar-refractivity contribution in [2.45, 2.75) is 74.3 Å². The number of allylic oxidation sites excluding steroid dienone is 1. The van der Waals surface area contributed by atoms with Gasteiger partial charge in [0.05, 0.1) is 12.2 Å². The molecule has 17 heteroatoms. The second-order valence-corrected chi connectivity index (χ2v) is 25.3. The van der Waals surface area contributed by atoms with Crippen LogP contribution in [0.1, 0.15) is 95.5 Å². The molecule has 8 aromatic carbocycles. The Morgan fingerprint density at radius 3 is 1.59 bits per heavy atom. The number of hydrogen-bond acceptors (Lipinski definition) is 13. The Morgan fingerprint density at radius 1 is 0.667 bits per heavy atom. The fourth-order valence-electron chi connectivity index (χ4n) is 11.6. The number of nitrogens with one attached hydrogen (secondary N) is 2. The predicted molar refractivity (Wildman–Crippen MR) is 352 cm³/mol. The van der Waals surface area contributed by atoms with Gasteiger partial charge >= 0.3 is 12.1 Å². The van der Waals surface area contributed by atoms with Gasteiger partial charge in [0.15, 0.2) is 16.9 Å². The summed E-state index contributed by atoms with van der Waals surface area (Å²) in [4.78, 5) is 73.4. The quantitative estimate of drug-likeness (QED) is 0.0245. The van der Waals surface area contributed by atoms with Gasteiger partial charge in [-0.15, -0.1) is 11.8 Å². The number of carbonyl (C=O) groups is 4. The van der Waals surface area contributed by atoms with Gasteiger partial charge in [-0.1, -0.05) is 271 Å². The van der Waals surface area contributed by atoms with Crippen LogP contribution in [0.25, 0.3) is 0 Å². The molecule has 0 aliphatic carbocycles. The van der Waals surface area contributed by atoms with Crippen LogP contribution in [0, 0.1) is 0 Å². The normalized spacial score (nSPS) is 15.1. The van der Waals surface area contributed by atoms with Gasteiger partial charge in [-0.25, -0.2) is 14.6 Å². The Balaban J connectivity index is 0.935. The number of aromatic nitrogens is 3. The minimum Gasteiger partial charge on any atom is -0.448 e. The third kappa shape index (κ3) is 12.5. The molecule has 0 bridgehead atoms. The van der Waals surface area contributed by atoms with E-state index in [-0.39, 0.29) is 27.2 Å². The molecule has 10 aromatic rings. The first-order chi connectivity index (χ1) is 43.8. The summed E-state index contributed by atoms with van der Waals surface area (Å²) in [7, 11) is 0. The molecule has 2 N–H and O–H groups in total. The molecule has 450 valence electrons. The maximum atomic E-state index is 15.8. The van der Waals surface area contributed by atoms with Crippen LogP contribution < -0.4 is 10.6 Å². The number of thiazole rings is 1. The van der Waals surface area contributed by atoms with E-state index in [0.717, 1.165) is 43.8 Å². The number of halogens is 1. The molecule has 4 heterocycles. The zero-order valence-corrected chi connectivity index (χ0v) is 51.8. The fraction of sp³-hybridized carbons (Fsp3) is 0.164. The first-order valence-electron chi connectivity index (χ1n) is 29.4. The summed E-state index contributed by atoms with van der Waals surface area (Å²) in [6, 6.07) is 75.9. The number of ether oxygens (including phenoxy) is 2. The SMILES string of the molecule is CC(C)(C)OC(=O)n1cc(CSC2=C(C(=O)OC(c3ccccc3)c3ccccc3)N3C(=O)[C@@H](NC(=O)C(=NOC(c4ccccc4)(c4ccccc4)c4ccccc4)c4nc(NC(c5ccccc5)(c5ccccc5)c5ccccc5)sc4Cl)[C@H]3CC2)cn1. The summed E-state index contributed by atoms with van der Waals surface area (Å²) in [5.74, 6) is -1.81. The van der Waals surface area contributed by atoms with E-state index >= 15 is 14.4 Å². The number of β-lactam (4-membered cyclic amide) rings is 1. The third-order valence-corrected chi connectivity index (χ3v) is 18.1. The average molecular weight is 1250 g/mol. The maximum absolute atomic E-state index is 15.8. The fourth-order valence-corrected chi connectivity index (χ4v) is 13.7. The topological polar surface area (TPSA) is 166 Å². The van der Waals surface area contributed by atoms with Crippen molar-refractivity contribution in [3.8, 4) is 0 Å². The lowest BCUT2D eigenvalue weighted by Crippen LogP contribution is -2.72. The van der Waals surface area contributed by atoms with Crippen LogP contribution in [-0.2, 0) is 45.6 Å². The Morgan fingerprint density at radius 2 is 1.12 bits per heavy atom. The van der Waals surface area contributed by atoms with Gasteiger partial charge in [-0.3, -0.25) is 14.5 Å². The Bertz CT molecular complexity index is 3980. The smallest absolute Gasteiger partial charge is 0.435 e. The van der Waals surface area contributed by atoms with E-state index in [0.29, 0.717) is 45.1 Å². The monoisotopic (exact) mass is 1250 g/mol. The number of esters is 1. The standard InChI is InChI=1S/C73H62ClN7O7S2/c1-71(2,3)87-70(85)80-47-49(46-75-80)48-89-59-45-44-58-60(67(83)81(58)63(59)68(84)86-64(50-28-12-4-13-29-50)51-30-14-5-15-31-51)76-66(82)62(79-88-73(55-38-22-9-23-39-55,56-40-24-10-25-41-56)57-42-26-11-27-43-57)61-65(74)90-69(77-61)78-72(52-32-16-6-17-33-52,53-34-18-7-19-35-53)54-36-20-8-21-37-54/h4-43,46-47,58,60,64H,44-45,48H2,1-3H3,(H,76,82)(H,77,78)/t58-,60+/m1/s1. The summed E-state index contributed by atoms with van der Waals surface area (Å²) in [5.41, 5.74) is 3.50. The van der Waals surface area contributed by atoms with E-state index in [1.54, 1.807) is 33.2 Å². The summed E-state index contributed by atoms with van der Waals surface area (Å²) >= 11 is 9.89. The van der Waals surface area contributed by atoms with Crippen molar-refractivity contribution in [3.63, 3.8) is 0 Å². The molecule has 0 saturated carbocycles. The molecule has 2 amide bonds. The molecule has 2 aliphatic heterocycles. The molecule has 2 aliphatic rings. The molecule has 12 rings (SSSR count). The second kappa shape index (κ2) is 26.5. The number of carbonyl (C=O) groups excluding carboxylic acids is 4. The third-order valence-electron chi connectivity index (χ3n) is 15.7. The minimum atomic E-state index is -1.45. The van der Waals surface area contributed by atoms with E-state index < -0.39 is 58.8 Å². The highest BCUT2D eigenvalue weighted by atomic mass is 35.5. The molecular formula is C73H62ClN7O7S2. The highest BCUT2D eigenvalue weighted by Gasteiger charge is 2.55. The van der Waals surface area contributed by atoms with E-state index in [2.05, 4.69) is 15.7 Å². The number of amides is 2. The Kier molecular flexibility index (Phi) is 17.8. The van der Waals surface area contributed by atoms with Crippen molar-refractivity contribution in [2.24, 2.45) is 5.16 Å². The Hall–Kier alpha value is -9.87. The number of benzene rings is 8. The van der Waals surface area contributed by atoms with Crippen LogP contribution in [0.2, 0.25) is 4.34 Å². The van der Waals surface area contributed by atoms with E-state index in [4.69, 9.17) is 36.1 Å². The number of anilines is 1. The summed E-state index contributed by atoms with van der Waals surface area (Å²) in [5, 5.41) is 16.4. The molecule has 1 fully saturated rings. The van der Waals surface area contributed by atoms with Crippen LogP contribution >= 0.6 is 34.7 Å². The second-order valence-electron chi connectivity index (χ2n) is 22.6. The van der Waals surface area contributed by atoms with Gasteiger partial charge in [0, 0.05) is 39.1 Å². The van der Waals surface area contributed by atoms with Crippen molar-refractivity contribution in [3.05, 3.63) is 326 Å². The van der Waals surface area contributed by atoms with E-state index in [1.807, 2.05) is 243 Å². The first kappa shape index (κ1) is 60.4. The molecule has 1 saturated heterocycles. The van der Waals surface area contributed by atoms with E-state index in [1.165, 1.54) is 16.7 Å². The molecule has 90 heavy (non-hydrogen) atoms. The van der Waals surface area contributed by atoms with Crippen molar-refractivity contribution in [1.82, 2.24) is 25.0 Å². The van der Waals surface area contributed by atoms with Gasteiger partial charge in [0.1, 0.15) is 32.9 Å². The van der Waals surface area contributed by atoms with Gasteiger partial charge in [0.2, 0.25) is 5.60 Å². The van der Waals surface area contributed by atoms with Gasteiger partial charge in [-0.05, 0) is 61.4 Å². The average Bonchev–Trinajstić information content (AvgIpc) is 1.30. The number of hydrogen-bond donors (Lipinski definition) is 2. The highest BCUT2D eigenvalue weighted by Crippen LogP contribution is 2.46. The number of thioether (sulfide) groups is 1. The summed E-state index contributed by atoms with van der Waals surface area (Å²) < 4.78 is 13.3. The zero-order valence-electron chi connectivity index (χ0n) is 49.4. The largest absolute Gasteiger partial charge is 0.448 e. The predicted octanol–water partition coefficient (Wildman–Crippen LogP) is 14.9. The molecule has 2 aromatic heterocycles. The van der Waals surface area contributed by atoms with Crippen LogP contribution in [-0.4, -0.2) is 66.9 Å². The minimum absolute atomic E-state index is 0.00850. The molecule has 0 unspecified atom stereocenters. The molecule has 0 spiro atoms. The van der Waals surface area contributed by atoms with Gasteiger partial charge in [0.25, 0.3) is 11.8 Å². The molecule has 0 radical (unpaired) electrons. The molecule has 14 nitrogen and oxygen atoms in total. The molecule has 2 atom stereocenters. The van der Waals surface area contributed by atoms with Crippen LogP contribution in [0.15, 0.2) is 271 Å². The lowest BCUT2D eigenvalue weighted by Gasteiger charge is -2.50. The zero-order chi connectivity index (χ0) is 62.2. The summed E-state index contributed by atoms with van der Waals surface area (Å²) in [6.07, 6.45) is 2.35. The lowest BCUT2D eigenvalue weighted by atomic mass is 9.77. The number of nitrogens with zero attached hydrogens (tertiary/aromatic N) is 5. The summed E-state index contributed by atoms with van der Waals surface area (Å²) in [6.45, 7) is 5.33. The first-order valence-corrected chi connectivity index (χ1v) is 31.6.